The summed E-state index contributed by atoms with van der Waals surface area (Å²) in [5.74, 6) is 0.0908. The summed E-state index contributed by atoms with van der Waals surface area (Å²) in [6.07, 6.45) is 0. The highest BCUT2D eigenvalue weighted by molar-refractivity contribution is 7.99. The Kier molecular flexibility index (Phi) is 6.74. The van der Waals surface area contributed by atoms with E-state index in [2.05, 4.69) is 20.4 Å². The van der Waals surface area contributed by atoms with E-state index in [0.29, 0.717) is 24.1 Å². The number of carbonyl (C=O) groups is 1. The summed E-state index contributed by atoms with van der Waals surface area (Å²) in [7, 11) is 0. The van der Waals surface area contributed by atoms with Crippen LogP contribution in [0, 0.1) is 12.7 Å². The molecule has 0 bridgehead atoms. The van der Waals surface area contributed by atoms with Crippen LogP contribution in [-0.2, 0) is 9.53 Å². The van der Waals surface area contributed by atoms with Gasteiger partial charge in [0, 0.05) is 13.1 Å². The van der Waals surface area contributed by atoms with Crippen LogP contribution < -0.4 is 10.2 Å². The Balaban J connectivity index is 1.55. The second-order valence-corrected chi connectivity index (χ2v) is 8.31. The molecule has 0 atom stereocenters. The van der Waals surface area contributed by atoms with Gasteiger partial charge in [-0.1, -0.05) is 41.6 Å². The van der Waals surface area contributed by atoms with E-state index in [-0.39, 0.29) is 16.7 Å². The van der Waals surface area contributed by atoms with Crippen molar-refractivity contribution < 1.29 is 13.9 Å². The van der Waals surface area contributed by atoms with Crippen LogP contribution in [0.15, 0.2) is 47.6 Å². The van der Waals surface area contributed by atoms with Gasteiger partial charge in [0.1, 0.15) is 5.82 Å². The summed E-state index contributed by atoms with van der Waals surface area (Å²) in [6.45, 7) is 4.72. The van der Waals surface area contributed by atoms with Crippen LogP contribution in [0.1, 0.15) is 5.56 Å². The SMILES string of the molecule is Cc1ccccc1-n1c(SCC(=O)Nc2ccc(F)cc2Cl)nnc1N1CCOCC1. The van der Waals surface area contributed by atoms with Gasteiger partial charge in [0.05, 0.1) is 35.4 Å². The van der Waals surface area contributed by atoms with Crippen molar-refractivity contribution in [2.45, 2.75) is 12.1 Å². The molecule has 1 N–H and O–H groups in total. The van der Waals surface area contributed by atoms with E-state index < -0.39 is 5.82 Å². The number of benzene rings is 2. The molecule has 31 heavy (non-hydrogen) atoms. The van der Waals surface area contributed by atoms with Crippen molar-refractivity contribution in [3.63, 3.8) is 0 Å². The highest BCUT2D eigenvalue weighted by atomic mass is 35.5. The third-order valence-electron chi connectivity index (χ3n) is 4.80. The van der Waals surface area contributed by atoms with Crippen LogP contribution >= 0.6 is 23.4 Å². The molecule has 1 saturated heterocycles. The number of morpholine rings is 1. The first-order valence-electron chi connectivity index (χ1n) is 9.75. The molecule has 162 valence electrons. The Hall–Kier alpha value is -2.62. The van der Waals surface area contributed by atoms with Crippen molar-refractivity contribution in [3.05, 3.63) is 58.9 Å². The summed E-state index contributed by atoms with van der Waals surface area (Å²) < 4.78 is 20.7. The average Bonchev–Trinajstić information content (AvgIpc) is 3.19. The van der Waals surface area contributed by atoms with Gasteiger partial charge >= 0.3 is 0 Å². The van der Waals surface area contributed by atoms with Crippen LogP contribution in [0.5, 0.6) is 0 Å². The number of anilines is 2. The summed E-state index contributed by atoms with van der Waals surface area (Å²) >= 11 is 7.27. The number of hydrogen-bond donors (Lipinski definition) is 1. The highest BCUT2D eigenvalue weighted by Crippen LogP contribution is 2.29. The third-order valence-corrected chi connectivity index (χ3v) is 6.05. The molecule has 0 aliphatic carbocycles. The highest BCUT2D eigenvalue weighted by Gasteiger charge is 2.23. The Bertz CT molecular complexity index is 1090. The van der Waals surface area contributed by atoms with Gasteiger partial charge in [-0.15, -0.1) is 10.2 Å². The summed E-state index contributed by atoms with van der Waals surface area (Å²) in [5.41, 5.74) is 2.39. The number of hydrogen-bond acceptors (Lipinski definition) is 6. The van der Waals surface area contributed by atoms with Crippen molar-refractivity contribution in [1.82, 2.24) is 14.8 Å². The normalized spacial score (nSPS) is 14.0. The smallest absolute Gasteiger partial charge is 0.234 e. The fraction of sp³-hybridized carbons (Fsp3) is 0.286. The molecule has 1 fully saturated rings. The maximum absolute atomic E-state index is 13.2. The van der Waals surface area contributed by atoms with Gasteiger partial charge in [0.15, 0.2) is 5.16 Å². The predicted molar refractivity (Wildman–Crippen MR) is 120 cm³/mol. The van der Waals surface area contributed by atoms with Gasteiger partial charge in [0.2, 0.25) is 11.9 Å². The Morgan fingerprint density at radius 2 is 2.00 bits per heavy atom. The van der Waals surface area contributed by atoms with Gasteiger partial charge in [0.25, 0.3) is 0 Å². The Morgan fingerprint density at radius 1 is 1.23 bits per heavy atom. The van der Waals surface area contributed by atoms with Crippen LogP contribution in [0.3, 0.4) is 0 Å². The Labute approximate surface area is 188 Å². The number of rotatable bonds is 6. The topological polar surface area (TPSA) is 72.3 Å². The molecule has 1 aromatic heterocycles. The first kappa shape index (κ1) is 21.6. The van der Waals surface area contributed by atoms with E-state index >= 15 is 0 Å². The van der Waals surface area contributed by atoms with Crippen molar-refractivity contribution >= 4 is 40.9 Å². The van der Waals surface area contributed by atoms with Gasteiger partial charge in [-0.3, -0.25) is 9.36 Å². The van der Waals surface area contributed by atoms with Crippen molar-refractivity contribution in [3.8, 4) is 5.69 Å². The zero-order valence-electron chi connectivity index (χ0n) is 16.8. The first-order chi connectivity index (χ1) is 15.0. The van der Waals surface area contributed by atoms with Gasteiger partial charge in [-0.05, 0) is 36.8 Å². The number of nitrogens with one attached hydrogen (secondary N) is 1. The number of aryl methyl sites for hydroxylation is 1. The number of amides is 1. The number of ether oxygens (including phenoxy) is 1. The van der Waals surface area contributed by atoms with E-state index in [4.69, 9.17) is 16.3 Å². The number of aromatic nitrogens is 3. The fourth-order valence-electron chi connectivity index (χ4n) is 3.26. The summed E-state index contributed by atoms with van der Waals surface area (Å²) in [6, 6.07) is 11.8. The quantitative estimate of drug-likeness (QED) is 0.561. The third kappa shape index (κ3) is 5.00. The molecular formula is C21H21ClFN5O2S. The lowest BCUT2D eigenvalue weighted by atomic mass is 10.2. The van der Waals surface area contributed by atoms with E-state index in [1.165, 1.54) is 23.9 Å². The molecule has 1 aliphatic heterocycles. The molecule has 0 radical (unpaired) electrons. The fourth-order valence-corrected chi connectivity index (χ4v) is 4.21. The second kappa shape index (κ2) is 9.67. The van der Waals surface area contributed by atoms with E-state index in [1.54, 1.807) is 0 Å². The number of para-hydroxylation sites is 1. The minimum absolute atomic E-state index is 0.0980. The van der Waals surface area contributed by atoms with Gasteiger partial charge < -0.3 is 15.0 Å². The van der Waals surface area contributed by atoms with Crippen LogP contribution in [0.4, 0.5) is 16.0 Å². The minimum Gasteiger partial charge on any atom is -0.378 e. The molecule has 4 rings (SSSR count). The minimum atomic E-state index is -0.459. The van der Waals surface area contributed by atoms with Crippen molar-refractivity contribution in [2.24, 2.45) is 0 Å². The molecule has 10 heteroatoms. The monoisotopic (exact) mass is 461 g/mol. The van der Waals surface area contributed by atoms with Crippen molar-refractivity contribution in [2.75, 3.05) is 42.3 Å². The van der Waals surface area contributed by atoms with Crippen molar-refractivity contribution in [1.29, 1.82) is 0 Å². The molecule has 3 aromatic rings. The molecular weight excluding hydrogens is 441 g/mol. The summed E-state index contributed by atoms with van der Waals surface area (Å²) in [5, 5.41) is 12.2. The van der Waals surface area contributed by atoms with Crippen LogP contribution in [0.2, 0.25) is 5.02 Å². The number of thioether (sulfide) groups is 1. The number of nitrogens with zero attached hydrogens (tertiary/aromatic N) is 4. The van der Waals surface area contributed by atoms with Gasteiger partial charge in [-0.2, -0.15) is 0 Å². The van der Waals surface area contributed by atoms with Crippen LogP contribution in [-0.4, -0.2) is 52.7 Å². The molecule has 0 saturated carbocycles. The lowest BCUT2D eigenvalue weighted by molar-refractivity contribution is -0.113. The Morgan fingerprint density at radius 3 is 2.74 bits per heavy atom. The molecule has 0 unspecified atom stereocenters. The maximum Gasteiger partial charge on any atom is 0.234 e. The summed E-state index contributed by atoms with van der Waals surface area (Å²) in [4.78, 5) is 14.6. The molecule has 0 spiro atoms. The standard InChI is InChI=1S/C21H21ClFN5O2S/c1-14-4-2-3-5-18(14)28-20(27-8-10-30-11-9-27)25-26-21(28)31-13-19(29)24-17-7-6-15(23)12-16(17)22/h2-7,12H,8-11,13H2,1H3,(H,24,29). The maximum atomic E-state index is 13.2. The van der Waals surface area contributed by atoms with E-state index in [0.717, 1.165) is 36.4 Å². The number of halogens is 2. The lowest BCUT2D eigenvalue weighted by Gasteiger charge is -2.28. The zero-order valence-corrected chi connectivity index (χ0v) is 18.4. The first-order valence-corrected chi connectivity index (χ1v) is 11.1. The van der Waals surface area contributed by atoms with Gasteiger partial charge in [-0.25, -0.2) is 4.39 Å². The molecule has 2 aromatic carbocycles. The van der Waals surface area contributed by atoms with Crippen LogP contribution in [0.25, 0.3) is 5.69 Å². The molecule has 1 aliphatic rings. The molecule has 2 heterocycles. The second-order valence-electron chi connectivity index (χ2n) is 6.96. The number of carbonyl (C=O) groups excluding carboxylic acids is 1. The predicted octanol–water partition coefficient (Wildman–Crippen LogP) is 3.94. The zero-order chi connectivity index (χ0) is 21.8. The van der Waals surface area contributed by atoms with E-state index in [1.807, 2.05) is 35.8 Å². The lowest BCUT2D eigenvalue weighted by Crippen LogP contribution is -2.38. The molecule has 1 amide bonds. The van der Waals surface area contributed by atoms with E-state index in [9.17, 15) is 9.18 Å². The molecule has 7 nitrogen and oxygen atoms in total. The average molecular weight is 462 g/mol. The largest absolute Gasteiger partial charge is 0.378 e.